The summed E-state index contributed by atoms with van der Waals surface area (Å²) >= 11 is 15.2. The minimum atomic E-state index is -0.612. The van der Waals surface area contributed by atoms with E-state index in [4.69, 9.17) is 33.7 Å². The molecular weight excluding hydrogens is 371 g/mol. The molecule has 0 saturated carbocycles. The zero-order valence-corrected chi connectivity index (χ0v) is 12.9. The summed E-state index contributed by atoms with van der Waals surface area (Å²) in [5.41, 5.74) is 5.27. The molecule has 5 nitrogen and oxygen atoms in total. The molecule has 0 saturated heterocycles. The molecule has 104 valence electrons. The van der Waals surface area contributed by atoms with Gasteiger partial charge < -0.3 is 10.5 Å². The number of halogens is 3. The molecule has 0 spiro atoms. The number of nitrogens with zero attached hydrogens (tertiary/aromatic N) is 1. The smallest absolute Gasteiger partial charge is 0.334 e. The van der Waals surface area contributed by atoms with Crippen LogP contribution < -0.4 is 10.5 Å². The molecular formula is C12H7BrCl2N2O3. The summed E-state index contributed by atoms with van der Waals surface area (Å²) in [6.45, 7) is 0. The molecule has 0 aliphatic rings. The first kappa shape index (κ1) is 14.9. The average molecular weight is 378 g/mol. The fourth-order valence-electron chi connectivity index (χ4n) is 1.52. The van der Waals surface area contributed by atoms with Gasteiger partial charge in [0, 0.05) is 10.5 Å². The van der Waals surface area contributed by atoms with Crippen LogP contribution >= 0.6 is 39.1 Å². The van der Waals surface area contributed by atoms with Crippen LogP contribution in [0.1, 0.15) is 0 Å². The SMILES string of the molecule is Nc1cccc(Oc2cc(Cl)c(Br)cc2Cl)c1[N+](=O)[O-]. The van der Waals surface area contributed by atoms with Gasteiger partial charge in [-0.05, 0) is 34.1 Å². The van der Waals surface area contributed by atoms with E-state index in [-0.39, 0.29) is 27.9 Å². The van der Waals surface area contributed by atoms with Crippen LogP contribution in [0.25, 0.3) is 0 Å². The van der Waals surface area contributed by atoms with Crippen molar-refractivity contribution in [1.82, 2.24) is 0 Å². The fourth-order valence-corrected chi connectivity index (χ4v) is 2.35. The zero-order valence-electron chi connectivity index (χ0n) is 9.77. The summed E-state index contributed by atoms with van der Waals surface area (Å²) in [5.74, 6) is 0.198. The van der Waals surface area contributed by atoms with E-state index in [1.54, 1.807) is 6.07 Å². The molecule has 0 fully saturated rings. The van der Waals surface area contributed by atoms with E-state index in [0.717, 1.165) is 0 Å². The third-order valence-electron chi connectivity index (χ3n) is 2.41. The second kappa shape index (κ2) is 5.87. The van der Waals surface area contributed by atoms with E-state index >= 15 is 0 Å². The van der Waals surface area contributed by atoms with Crippen molar-refractivity contribution >= 4 is 50.5 Å². The van der Waals surface area contributed by atoms with Crippen molar-refractivity contribution in [3.8, 4) is 11.5 Å². The zero-order chi connectivity index (χ0) is 14.9. The number of anilines is 1. The number of nitro benzene ring substituents is 1. The molecule has 2 rings (SSSR count). The number of ether oxygens (including phenoxy) is 1. The van der Waals surface area contributed by atoms with E-state index in [1.807, 2.05) is 0 Å². The summed E-state index contributed by atoms with van der Waals surface area (Å²) < 4.78 is 6.06. The molecule has 20 heavy (non-hydrogen) atoms. The molecule has 0 aromatic heterocycles. The molecule has 8 heteroatoms. The van der Waals surface area contributed by atoms with E-state index < -0.39 is 4.92 Å². The summed E-state index contributed by atoms with van der Waals surface area (Å²) in [6.07, 6.45) is 0. The van der Waals surface area contributed by atoms with E-state index in [1.165, 1.54) is 24.3 Å². The van der Waals surface area contributed by atoms with Crippen molar-refractivity contribution in [2.45, 2.75) is 0 Å². The first-order chi connectivity index (χ1) is 9.40. The Morgan fingerprint density at radius 2 is 1.90 bits per heavy atom. The second-order valence-electron chi connectivity index (χ2n) is 3.75. The Morgan fingerprint density at radius 1 is 1.20 bits per heavy atom. The number of nitrogen functional groups attached to an aromatic ring is 1. The molecule has 0 aliphatic carbocycles. The molecule has 0 bridgehead atoms. The Balaban J connectivity index is 2.48. The Bertz CT molecular complexity index is 695. The molecule has 2 N–H and O–H groups in total. The van der Waals surface area contributed by atoms with Gasteiger partial charge in [-0.1, -0.05) is 29.3 Å². The van der Waals surface area contributed by atoms with Crippen molar-refractivity contribution in [3.63, 3.8) is 0 Å². The van der Waals surface area contributed by atoms with Gasteiger partial charge in [0.05, 0.1) is 15.0 Å². The Kier molecular flexibility index (Phi) is 4.37. The predicted octanol–water partition coefficient (Wildman–Crippen LogP) is 5.04. The number of hydrogen-bond acceptors (Lipinski definition) is 4. The summed E-state index contributed by atoms with van der Waals surface area (Å²) in [7, 11) is 0. The van der Waals surface area contributed by atoms with Crippen LogP contribution in [-0.4, -0.2) is 4.92 Å². The first-order valence-corrected chi connectivity index (χ1v) is 6.80. The third-order valence-corrected chi connectivity index (χ3v) is 3.90. The van der Waals surface area contributed by atoms with E-state index in [9.17, 15) is 10.1 Å². The lowest BCUT2D eigenvalue weighted by Crippen LogP contribution is -1.98. The van der Waals surface area contributed by atoms with E-state index in [2.05, 4.69) is 15.9 Å². The fraction of sp³-hybridized carbons (Fsp3) is 0. The number of rotatable bonds is 3. The lowest BCUT2D eigenvalue weighted by atomic mass is 10.2. The number of nitrogens with two attached hydrogens (primary N) is 1. The Labute approximate surface area is 132 Å². The van der Waals surface area contributed by atoms with Crippen LogP contribution in [0.15, 0.2) is 34.8 Å². The lowest BCUT2D eigenvalue weighted by Gasteiger charge is -2.10. The van der Waals surface area contributed by atoms with E-state index in [0.29, 0.717) is 9.50 Å². The second-order valence-corrected chi connectivity index (χ2v) is 5.42. The normalized spacial score (nSPS) is 10.3. The molecule has 0 amide bonds. The summed E-state index contributed by atoms with van der Waals surface area (Å²) in [5, 5.41) is 11.7. The highest BCUT2D eigenvalue weighted by Gasteiger charge is 2.20. The van der Waals surface area contributed by atoms with Crippen molar-refractivity contribution in [2.24, 2.45) is 0 Å². The van der Waals surface area contributed by atoms with Crippen LogP contribution in [0.4, 0.5) is 11.4 Å². The lowest BCUT2D eigenvalue weighted by molar-refractivity contribution is -0.384. The highest BCUT2D eigenvalue weighted by atomic mass is 79.9. The quantitative estimate of drug-likeness (QED) is 0.351. The maximum atomic E-state index is 11.0. The topological polar surface area (TPSA) is 78.4 Å². The first-order valence-electron chi connectivity index (χ1n) is 5.25. The van der Waals surface area contributed by atoms with Crippen LogP contribution in [0.2, 0.25) is 10.0 Å². The van der Waals surface area contributed by atoms with Gasteiger partial charge in [-0.2, -0.15) is 0 Å². The number of nitro groups is 1. The van der Waals surface area contributed by atoms with Crippen molar-refractivity contribution in [1.29, 1.82) is 0 Å². The molecule has 0 radical (unpaired) electrons. The number of hydrogen-bond donors (Lipinski definition) is 1. The van der Waals surface area contributed by atoms with Crippen molar-refractivity contribution in [3.05, 3.63) is 55.0 Å². The van der Waals surface area contributed by atoms with Gasteiger partial charge in [0.25, 0.3) is 0 Å². The summed E-state index contributed by atoms with van der Waals surface area (Å²) in [4.78, 5) is 10.4. The van der Waals surface area contributed by atoms with Crippen LogP contribution in [-0.2, 0) is 0 Å². The molecule has 0 aliphatic heterocycles. The maximum absolute atomic E-state index is 11.0. The standard InChI is InChI=1S/C12H7BrCl2N2O3/c13-6-4-8(15)11(5-7(6)14)20-10-3-1-2-9(16)12(10)17(18)19/h1-5H,16H2. The van der Waals surface area contributed by atoms with Gasteiger partial charge in [-0.15, -0.1) is 0 Å². The van der Waals surface area contributed by atoms with Crippen LogP contribution in [0.5, 0.6) is 11.5 Å². The molecule has 2 aromatic rings. The molecule has 0 atom stereocenters. The van der Waals surface area contributed by atoms with Gasteiger partial charge in [0.2, 0.25) is 5.75 Å². The molecule has 0 heterocycles. The average Bonchev–Trinajstić information content (AvgIpc) is 2.35. The molecule has 0 unspecified atom stereocenters. The van der Waals surface area contributed by atoms with Crippen LogP contribution in [0.3, 0.4) is 0 Å². The largest absolute Gasteiger partial charge is 0.448 e. The number of para-hydroxylation sites is 1. The Hall–Kier alpha value is -1.50. The molecule has 2 aromatic carbocycles. The highest BCUT2D eigenvalue weighted by molar-refractivity contribution is 9.10. The predicted molar refractivity (Wildman–Crippen MR) is 81.7 cm³/mol. The van der Waals surface area contributed by atoms with Gasteiger partial charge in [-0.3, -0.25) is 10.1 Å². The summed E-state index contributed by atoms with van der Waals surface area (Å²) in [6, 6.07) is 7.40. The van der Waals surface area contributed by atoms with Gasteiger partial charge in [-0.25, -0.2) is 0 Å². The minimum absolute atomic E-state index is 0.00436. The number of benzene rings is 2. The van der Waals surface area contributed by atoms with Gasteiger partial charge in [0.15, 0.2) is 0 Å². The van der Waals surface area contributed by atoms with Gasteiger partial charge in [0.1, 0.15) is 11.4 Å². The monoisotopic (exact) mass is 376 g/mol. The maximum Gasteiger partial charge on any atom is 0.334 e. The van der Waals surface area contributed by atoms with Crippen molar-refractivity contribution in [2.75, 3.05) is 5.73 Å². The van der Waals surface area contributed by atoms with Crippen LogP contribution in [0, 0.1) is 10.1 Å². The minimum Gasteiger partial charge on any atom is -0.448 e. The van der Waals surface area contributed by atoms with Crippen molar-refractivity contribution < 1.29 is 9.66 Å². The van der Waals surface area contributed by atoms with Gasteiger partial charge >= 0.3 is 5.69 Å². The Morgan fingerprint density at radius 3 is 2.55 bits per heavy atom. The highest BCUT2D eigenvalue weighted by Crippen LogP contribution is 2.40. The third kappa shape index (κ3) is 2.98.